The molecule has 2 aromatic carbocycles. The van der Waals surface area contributed by atoms with E-state index in [9.17, 15) is 4.79 Å². The van der Waals surface area contributed by atoms with E-state index in [2.05, 4.69) is 11.9 Å². The Morgan fingerprint density at radius 1 is 1.20 bits per heavy atom. The monoisotopic (exact) mass is 339 g/mol. The highest BCUT2D eigenvalue weighted by molar-refractivity contribution is 5.95. The van der Waals surface area contributed by atoms with Gasteiger partial charge < -0.3 is 14.8 Å². The molecule has 1 amide bonds. The Balaban J connectivity index is 2.27. The third-order valence-electron chi connectivity index (χ3n) is 4.11. The van der Waals surface area contributed by atoms with Crippen LogP contribution < -0.4 is 14.8 Å². The Morgan fingerprint density at radius 2 is 1.88 bits per heavy atom. The van der Waals surface area contributed by atoms with Gasteiger partial charge in [0.25, 0.3) is 5.91 Å². The summed E-state index contributed by atoms with van der Waals surface area (Å²) in [6.45, 7) is 7.77. The first-order valence-electron chi connectivity index (χ1n) is 8.23. The van der Waals surface area contributed by atoms with E-state index in [1.165, 1.54) is 5.56 Å². The van der Waals surface area contributed by atoms with Crippen LogP contribution in [0.2, 0.25) is 0 Å². The van der Waals surface area contributed by atoms with Crippen LogP contribution in [0.15, 0.2) is 49.1 Å². The second-order valence-corrected chi connectivity index (χ2v) is 5.97. The largest absolute Gasteiger partial charge is 0.493 e. The summed E-state index contributed by atoms with van der Waals surface area (Å²) >= 11 is 0. The molecule has 1 atom stereocenters. The molecule has 4 heteroatoms. The van der Waals surface area contributed by atoms with Gasteiger partial charge in [-0.15, -0.1) is 6.58 Å². The Kier molecular flexibility index (Phi) is 6.23. The maximum absolute atomic E-state index is 12.7. The predicted octanol–water partition coefficient (Wildman–Crippen LogP) is 4.23. The molecule has 0 aliphatic heterocycles. The molecule has 0 fully saturated rings. The van der Waals surface area contributed by atoms with Crippen LogP contribution in [0.5, 0.6) is 11.5 Å². The van der Waals surface area contributed by atoms with Crippen molar-refractivity contribution in [1.29, 1.82) is 0 Å². The Labute approximate surface area is 149 Å². The van der Waals surface area contributed by atoms with Gasteiger partial charge in [0.2, 0.25) is 0 Å². The Bertz CT molecular complexity index is 750. The molecule has 0 aliphatic carbocycles. The summed E-state index contributed by atoms with van der Waals surface area (Å²) < 4.78 is 10.8. The third kappa shape index (κ3) is 4.41. The van der Waals surface area contributed by atoms with Gasteiger partial charge >= 0.3 is 0 Å². The molecule has 132 valence electrons. The van der Waals surface area contributed by atoms with Crippen LogP contribution in [0.1, 0.15) is 40.0 Å². The molecule has 0 bridgehead atoms. The number of carbonyl (C=O) groups is 1. The quantitative estimate of drug-likeness (QED) is 0.768. The summed E-state index contributed by atoms with van der Waals surface area (Å²) in [6, 6.07) is 11.6. The SMILES string of the molecule is C=CCc1cc(C(=O)NC(C)c2ccc(C)cc2)cc(OC)c1OC. The number of aryl methyl sites for hydroxylation is 1. The smallest absolute Gasteiger partial charge is 0.251 e. The summed E-state index contributed by atoms with van der Waals surface area (Å²) in [6.07, 6.45) is 2.36. The van der Waals surface area contributed by atoms with Crippen molar-refractivity contribution in [2.24, 2.45) is 0 Å². The van der Waals surface area contributed by atoms with E-state index in [0.717, 1.165) is 11.1 Å². The van der Waals surface area contributed by atoms with Crippen LogP contribution in [0.4, 0.5) is 0 Å². The van der Waals surface area contributed by atoms with Crippen LogP contribution in [0, 0.1) is 6.92 Å². The maximum Gasteiger partial charge on any atom is 0.251 e. The van der Waals surface area contributed by atoms with Gasteiger partial charge in [0.05, 0.1) is 20.3 Å². The molecule has 0 saturated heterocycles. The van der Waals surface area contributed by atoms with Crippen LogP contribution in [0.3, 0.4) is 0 Å². The van der Waals surface area contributed by atoms with E-state index in [0.29, 0.717) is 23.5 Å². The topological polar surface area (TPSA) is 47.6 Å². The lowest BCUT2D eigenvalue weighted by Gasteiger charge is -2.17. The Hall–Kier alpha value is -2.75. The van der Waals surface area contributed by atoms with Crippen molar-refractivity contribution in [3.63, 3.8) is 0 Å². The van der Waals surface area contributed by atoms with Crippen molar-refractivity contribution < 1.29 is 14.3 Å². The zero-order valence-corrected chi connectivity index (χ0v) is 15.3. The van der Waals surface area contributed by atoms with Crippen LogP contribution in [0.25, 0.3) is 0 Å². The number of methoxy groups -OCH3 is 2. The zero-order chi connectivity index (χ0) is 18.4. The van der Waals surface area contributed by atoms with E-state index in [-0.39, 0.29) is 11.9 Å². The fourth-order valence-corrected chi connectivity index (χ4v) is 2.70. The first-order valence-corrected chi connectivity index (χ1v) is 8.23. The molecule has 0 spiro atoms. The van der Waals surface area contributed by atoms with Gasteiger partial charge in [-0.2, -0.15) is 0 Å². The summed E-state index contributed by atoms with van der Waals surface area (Å²) in [5.74, 6) is 1.01. The lowest BCUT2D eigenvalue weighted by molar-refractivity contribution is 0.0939. The van der Waals surface area contributed by atoms with Gasteiger partial charge in [0, 0.05) is 11.1 Å². The van der Waals surface area contributed by atoms with E-state index < -0.39 is 0 Å². The van der Waals surface area contributed by atoms with Gasteiger partial charge in [-0.05, 0) is 38.0 Å². The number of ether oxygens (including phenoxy) is 2. The molecular weight excluding hydrogens is 314 g/mol. The summed E-state index contributed by atoms with van der Waals surface area (Å²) in [4.78, 5) is 12.7. The van der Waals surface area contributed by atoms with Crippen molar-refractivity contribution in [2.45, 2.75) is 26.3 Å². The fraction of sp³-hybridized carbons (Fsp3) is 0.286. The standard InChI is InChI=1S/C21H25NO3/c1-6-7-17-12-18(13-19(24-4)20(17)25-5)21(23)22-15(3)16-10-8-14(2)9-11-16/h6,8-13,15H,1,7H2,2-5H3,(H,22,23). The molecule has 1 unspecified atom stereocenters. The highest BCUT2D eigenvalue weighted by Crippen LogP contribution is 2.33. The molecule has 0 aromatic heterocycles. The third-order valence-corrected chi connectivity index (χ3v) is 4.11. The van der Waals surface area contributed by atoms with Gasteiger partial charge in [-0.25, -0.2) is 0 Å². The number of benzene rings is 2. The average Bonchev–Trinajstić information content (AvgIpc) is 2.61. The number of hydrogen-bond acceptors (Lipinski definition) is 3. The van der Waals surface area contributed by atoms with Crippen molar-refractivity contribution in [1.82, 2.24) is 5.32 Å². The average molecular weight is 339 g/mol. The second kappa shape index (κ2) is 8.38. The van der Waals surface area contributed by atoms with E-state index in [1.54, 1.807) is 26.4 Å². The molecule has 25 heavy (non-hydrogen) atoms. The lowest BCUT2D eigenvalue weighted by Crippen LogP contribution is -2.26. The minimum absolute atomic E-state index is 0.0935. The minimum atomic E-state index is -0.153. The normalized spacial score (nSPS) is 11.5. The van der Waals surface area contributed by atoms with Crippen molar-refractivity contribution in [3.8, 4) is 11.5 Å². The first kappa shape index (κ1) is 18.6. The number of carbonyl (C=O) groups excluding carboxylic acids is 1. The molecule has 0 aliphatic rings. The molecule has 0 saturated carbocycles. The molecule has 1 N–H and O–H groups in total. The van der Waals surface area contributed by atoms with E-state index in [4.69, 9.17) is 9.47 Å². The highest BCUT2D eigenvalue weighted by atomic mass is 16.5. The van der Waals surface area contributed by atoms with Gasteiger partial charge in [0.1, 0.15) is 0 Å². The molecule has 4 nitrogen and oxygen atoms in total. The lowest BCUT2D eigenvalue weighted by atomic mass is 10.0. The molecule has 0 radical (unpaired) electrons. The number of rotatable bonds is 7. The van der Waals surface area contributed by atoms with Crippen molar-refractivity contribution in [3.05, 3.63) is 71.3 Å². The number of hydrogen-bond donors (Lipinski definition) is 1. The maximum atomic E-state index is 12.7. The summed E-state index contributed by atoms with van der Waals surface area (Å²) in [7, 11) is 3.15. The van der Waals surface area contributed by atoms with E-state index >= 15 is 0 Å². The van der Waals surface area contributed by atoms with E-state index in [1.807, 2.05) is 44.2 Å². The highest BCUT2D eigenvalue weighted by Gasteiger charge is 2.17. The molecular formula is C21H25NO3. The number of amides is 1. The molecule has 0 heterocycles. The fourth-order valence-electron chi connectivity index (χ4n) is 2.70. The van der Waals surface area contributed by atoms with Gasteiger partial charge in [-0.1, -0.05) is 35.9 Å². The number of allylic oxidation sites excluding steroid dienone is 1. The van der Waals surface area contributed by atoms with Crippen LogP contribution >= 0.6 is 0 Å². The van der Waals surface area contributed by atoms with Crippen LogP contribution in [-0.4, -0.2) is 20.1 Å². The van der Waals surface area contributed by atoms with Crippen molar-refractivity contribution in [2.75, 3.05) is 14.2 Å². The summed E-state index contributed by atoms with van der Waals surface area (Å²) in [5, 5.41) is 3.03. The minimum Gasteiger partial charge on any atom is -0.493 e. The molecule has 2 rings (SSSR count). The summed E-state index contributed by atoms with van der Waals surface area (Å²) in [5.41, 5.74) is 3.65. The predicted molar refractivity (Wildman–Crippen MR) is 101 cm³/mol. The van der Waals surface area contributed by atoms with Crippen LogP contribution in [-0.2, 0) is 6.42 Å². The van der Waals surface area contributed by atoms with Gasteiger partial charge in [0.15, 0.2) is 11.5 Å². The Morgan fingerprint density at radius 3 is 2.44 bits per heavy atom. The number of nitrogens with one attached hydrogen (secondary N) is 1. The zero-order valence-electron chi connectivity index (χ0n) is 15.3. The molecule has 2 aromatic rings. The van der Waals surface area contributed by atoms with Gasteiger partial charge in [-0.3, -0.25) is 4.79 Å². The second-order valence-electron chi connectivity index (χ2n) is 5.97. The van der Waals surface area contributed by atoms with Crippen molar-refractivity contribution >= 4 is 5.91 Å². The first-order chi connectivity index (χ1) is 12.0.